The third kappa shape index (κ3) is 2.55. The summed E-state index contributed by atoms with van der Waals surface area (Å²) >= 11 is 0. The van der Waals surface area contributed by atoms with Crippen molar-refractivity contribution in [2.24, 2.45) is 0 Å². The number of rotatable bonds is 3. The normalized spacial score (nSPS) is 12.3. The Labute approximate surface area is 125 Å². The van der Waals surface area contributed by atoms with E-state index in [2.05, 4.69) is 15.5 Å². The van der Waals surface area contributed by atoms with Crippen LogP contribution in [-0.2, 0) is 0 Å². The first-order chi connectivity index (χ1) is 10.6. The maximum Gasteiger partial charge on any atom is 0.272 e. The Bertz CT molecular complexity index is 844. The fourth-order valence-electron chi connectivity index (χ4n) is 2.27. The van der Waals surface area contributed by atoms with E-state index in [0.717, 1.165) is 17.6 Å². The molecule has 1 atom stereocenters. The van der Waals surface area contributed by atoms with Crippen LogP contribution in [0, 0.1) is 11.6 Å². The second kappa shape index (κ2) is 5.55. The molecule has 2 N–H and O–H groups in total. The number of nitrogens with zero attached hydrogens (tertiary/aromatic N) is 1. The highest BCUT2D eigenvalue weighted by molar-refractivity contribution is 6.04. The van der Waals surface area contributed by atoms with Gasteiger partial charge in [-0.25, -0.2) is 8.78 Å². The molecule has 0 aliphatic rings. The van der Waals surface area contributed by atoms with Crippen molar-refractivity contribution in [2.45, 2.75) is 13.0 Å². The number of fused-ring (bicyclic) bond motifs is 1. The molecular formula is C16H13F2N3O. The number of halogens is 2. The molecule has 0 radical (unpaired) electrons. The molecule has 1 aromatic heterocycles. The number of benzene rings is 2. The molecule has 0 unspecified atom stereocenters. The molecule has 3 rings (SSSR count). The number of carbonyl (C=O) groups excluding carboxylic acids is 1. The van der Waals surface area contributed by atoms with Crippen LogP contribution in [0.1, 0.15) is 29.0 Å². The highest BCUT2D eigenvalue weighted by Gasteiger charge is 2.17. The molecule has 0 bridgehead atoms. The van der Waals surface area contributed by atoms with Crippen molar-refractivity contribution in [1.82, 2.24) is 15.5 Å². The van der Waals surface area contributed by atoms with Crippen molar-refractivity contribution in [3.63, 3.8) is 0 Å². The third-order valence-corrected chi connectivity index (χ3v) is 3.48. The van der Waals surface area contributed by atoms with Crippen LogP contribution in [0.3, 0.4) is 0 Å². The number of amides is 1. The van der Waals surface area contributed by atoms with E-state index < -0.39 is 17.7 Å². The zero-order valence-corrected chi connectivity index (χ0v) is 11.7. The zero-order chi connectivity index (χ0) is 15.7. The highest BCUT2D eigenvalue weighted by Crippen LogP contribution is 2.19. The molecule has 0 saturated heterocycles. The number of hydrogen-bond donors (Lipinski definition) is 2. The second-order valence-electron chi connectivity index (χ2n) is 4.99. The molecule has 0 aliphatic heterocycles. The summed E-state index contributed by atoms with van der Waals surface area (Å²) in [5.74, 6) is -2.24. The Morgan fingerprint density at radius 2 is 1.95 bits per heavy atom. The summed E-state index contributed by atoms with van der Waals surface area (Å²) in [7, 11) is 0. The van der Waals surface area contributed by atoms with Gasteiger partial charge in [-0.1, -0.05) is 24.3 Å². The Balaban J connectivity index is 1.83. The van der Waals surface area contributed by atoms with Gasteiger partial charge in [0.25, 0.3) is 5.91 Å². The van der Waals surface area contributed by atoms with Gasteiger partial charge in [0.1, 0.15) is 0 Å². The third-order valence-electron chi connectivity index (χ3n) is 3.48. The monoisotopic (exact) mass is 301 g/mol. The summed E-state index contributed by atoms with van der Waals surface area (Å²) in [4.78, 5) is 12.3. The fourth-order valence-corrected chi connectivity index (χ4v) is 2.27. The lowest BCUT2D eigenvalue weighted by Crippen LogP contribution is -2.27. The Morgan fingerprint density at radius 3 is 2.73 bits per heavy atom. The summed E-state index contributed by atoms with van der Waals surface area (Å²) in [5, 5.41) is 10.2. The zero-order valence-electron chi connectivity index (χ0n) is 11.7. The van der Waals surface area contributed by atoms with Crippen LogP contribution in [0.4, 0.5) is 8.78 Å². The average Bonchev–Trinajstić information content (AvgIpc) is 2.94. The van der Waals surface area contributed by atoms with E-state index in [1.165, 1.54) is 6.07 Å². The van der Waals surface area contributed by atoms with Crippen LogP contribution < -0.4 is 5.32 Å². The minimum Gasteiger partial charge on any atom is -0.344 e. The largest absolute Gasteiger partial charge is 0.344 e. The summed E-state index contributed by atoms with van der Waals surface area (Å²) in [5.41, 5.74) is 1.50. The molecular weight excluding hydrogens is 288 g/mol. The van der Waals surface area contributed by atoms with Gasteiger partial charge < -0.3 is 5.32 Å². The lowest BCUT2D eigenvalue weighted by atomic mass is 10.1. The van der Waals surface area contributed by atoms with E-state index in [-0.39, 0.29) is 11.6 Å². The van der Waals surface area contributed by atoms with Gasteiger partial charge in [0.2, 0.25) is 0 Å². The topological polar surface area (TPSA) is 57.8 Å². The number of carbonyl (C=O) groups is 1. The van der Waals surface area contributed by atoms with Crippen molar-refractivity contribution in [3.05, 3.63) is 65.4 Å². The molecule has 0 saturated carbocycles. The molecule has 1 amide bonds. The summed E-state index contributed by atoms with van der Waals surface area (Å²) in [6.45, 7) is 1.69. The second-order valence-corrected chi connectivity index (χ2v) is 4.99. The van der Waals surface area contributed by atoms with Crippen LogP contribution in [-0.4, -0.2) is 16.1 Å². The minimum absolute atomic E-state index is 0.269. The van der Waals surface area contributed by atoms with Crippen molar-refractivity contribution < 1.29 is 13.6 Å². The number of H-pyrrole nitrogens is 1. The number of para-hydroxylation sites is 1. The van der Waals surface area contributed by atoms with Gasteiger partial charge in [0, 0.05) is 5.39 Å². The summed E-state index contributed by atoms with van der Waals surface area (Å²) in [6, 6.07) is 10.3. The van der Waals surface area contributed by atoms with E-state index in [1.54, 1.807) is 13.0 Å². The first-order valence-corrected chi connectivity index (χ1v) is 6.75. The number of nitrogens with one attached hydrogen (secondary N) is 2. The van der Waals surface area contributed by atoms with E-state index in [0.29, 0.717) is 10.9 Å². The van der Waals surface area contributed by atoms with E-state index in [1.807, 2.05) is 18.2 Å². The van der Waals surface area contributed by atoms with Crippen molar-refractivity contribution in [3.8, 4) is 0 Å². The van der Waals surface area contributed by atoms with Gasteiger partial charge in [0.15, 0.2) is 17.3 Å². The Kier molecular flexibility index (Phi) is 3.58. The predicted octanol–water partition coefficient (Wildman–Crippen LogP) is 3.33. The van der Waals surface area contributed by atoms with E-state index in [9.17, 15) is 13.6 Å². The molecule has 22 heavy (non-hydrogen) atoms. The van der Waals surface area contributed by atoms with Gasteiger partial charge in [-0.05, 0) is 30.7 Å². The summed E-state index contributed by atoms with van der Waals surface area (Å²) in [6.07, 6.45) is 0. The van der Waals surface area contributed by atoms with E-state index in [4.69, 9.17) is 0 Å². The Morgan fingerprint density at radius 1 is 1.18 bits per heavy atom. The van der Waals surface area contributed by atoms with Gasteiger partial charge >= 0.3 is 0 Å². The molecule has 3 aromatic rings. The standard InChI is InChI=1S/C16H13F2N3O/c1-9(10-6-7-12(17)13(18)8-10)19-16(22)15-11-4-2-3-5-14(11)20-21-15/h2-9H,1H3,(H,19,22)(H,20,21)/t9-/m1/s1. The minimum atomic E-state index is -0.941. The summed E-state index contributed by atoms with van der Waals surface area (Å²) < 4.78 is 26.2. The molecule has 6 heteroatoms. The molecule has 112 valence electrons. The number of aromatic nitrogens is 2. The SMILES string of the molecule is C[C@@H](NC(=O)c1n[nH]c2ccccc12)c1ccc(F)c(F)c1. The lowest BCUT2D eigenvalue weighted by molar-refractivity contribution is 0.0936. The van der Waals surface area contributed by atoms with Crippen LogP contribution in [0.25, 0.3) is 10.9 Å². The molecule has 0 fully saturated rings. The smallest absolute Gasteiger partial charge is 0.272 e. The first-order valence-electron chi connectivity index (χ1n) is 6.75. The van der Waals surface area contributed by atoms with Crippen molar-refractivity contribution >= 4 is 16.8 Å². The molecule has 2 aromatic carbocycles. The van der Waals surface area contributed by atoms with Gasteiger partial charge in [-0.3, -0.25) is 9.89 Å². The van der Waals surface area contributed by atoms with Gasteiger partial charge in [-0.2, -0.15) is 5.10 Å². The van der Waals surface area contributed by atoms with Gasteiger partial charge in [0.05, 0.1) is 11.6 Å². The van der Waals surface area contributed by atoms with Crippen LogP contribution in [0.5, 0.6) is 0 Å². The van der Waals surface area contributed by atoms with Gasteiger partial charge in [-0.15, -0.1) is 0 Å². The number of hydrogen-bond acceptors (Lipinski definition) is 2. The van der Waals surface area contributed by atoms with E-state index >= 15 is 0 Å². The van der Waals surface area contributed by atoms with Crippen molar-refractivity contribution in [1.29, 1.82) is 0 Å². The first kappa shape index (κ1) is 14.2. The van der Waals surface area contributed by atoms with Crippen LogP contribution in [0.2, 0.25) is 0 Å². The van der Waals surface area contributed by atoms with Crippen molar-refractivity contribution in [2.75, 3.05) is 0 Å². The maximum absolute atomic E-state index is 13.3. The average molecular weight is 301 g/mol. The lowest BCUT2D eigenvalue weighted by Gasteiger charge is -2.13. The quantitative estimate of drug-likeness (QED) is 0.779. The molecule has 0 spiro atoms. The molecule has 4 nitrogen and oxygen atoms in total. The predicted molar refractivity (Wildman–Crippen MR) is 78.3 cm³/mol. The highest BCUT2D eigenvalue weighted by atomic mass is 19.2. The maximum atomic E-state index is 13.3. The fraction of sp³-hybridized carbons (Fsp3) is 0.125. The number of aromatic amines is 1. The molecule has 1 heterocycles. The van der Waals surface area contributed by atoms with Crippen LogP contribution >= 0.6 is 0 Å². The van der Waals surface area contributed by atoms with Crippen LogP contribution in [0.15, 0.2) is 42.5 Å². The molecule has 0 aliphatic carbocycles. The Hall–Kier alpha value is -2.76.